The van der Waals surface area contributed by atoms with Gasteiger partial charge < -0.3 is 15.8 Å². The zero-order valence-electron chi connectivity index (χ0n) is 12.3. The van der Waals surface area contributed by atoms with Crippen molar-refractivity contribution in [2.45, 2.75) is 25.4 Å². The molecule has 0 aliphatic carbocycles. The van der Waals surface area contributed by atoms with Gasteiger partial charge in [-0.25, -0.2) is 0 Å². The van der Waals surface area contributed by atoms with Crippen molar-refractivity contribution < 1.29 is 14.4 Å². The van der Waals surface area contributed by atoms with E-state index in [0.29, 0.717) is 30.6 Å². The van der Waals surface area contributed by atoms with E-state index in [2.05, 4.69) is 5.32 Å². The van der Waals surface area contributed by atoms with Crippen molar-refractivity contribution >= 4 is 24.2 Å². The highest BCUT2D eigenvalue weighted by atomic mass is 16.2. The van der Waals surface area contributed by atoms with Gasteiger partial charge in [-0.1, -0.05) is 6.07 Å². The summed E-state index contributed by atoms with van der Waals surface area (Å²) in [5.41, 5.74) is 7.47. The number of likely N-dealkylation sites (N-methyl/N-ethyl adjacent to an activating group) is 2. The lowest BCUT2D eigenvalue weighted by atomic mass is 10.0. The van der Waals surface area contributed by atoms with E-state index >= 15 is 0 Å². The Morgan fingerprint density at radius 2 is 2.14 bits per heavy atom. The van der Waals surface area contributed by atoms with Crippen molar-refractivity contribution in [3.63, 3.8) is 0 Å². The molecule has 6 nitrogen and oxygen atoms in total. The number of nitrogens with zero attached hydrogens (tertiary/aromatic N) is 1. The fraction of sp³-hybridized carbons (Fsp3) is 0.400. The third-order valence-corrected chi connectivity index (χ3v) is 3.36. The van der Waals surface area contributed by atoms with Crippen LogP contribution in [0, 0.1) is 0 Å². The molecule has 1 aromatic rings. The summed E-state index contributed by atoms with van der Waals surface area (Å²) in [4.78, 5) is 35.3. The van der Waals surface area contributed by atoms with Crippen LogP contribution in [0.15, 0.2) is 18.2 Å². The van der Waals surface area contributed by atoms with Crippen LogP contribution in [0.1, 0.15) is 28.8 Å². The van der Waals surface area contributed by atoms with E-state index in [-0.39, 0.29) is 5.91 Å². The standard InChI is InChI=1S/C15H21N3O3/c1-17-15(21)14(4-3-7-19)18(2)9-11-5-6-13(16)8-12(11)10-20/h5-8,10,14H,3-4,9,16H2,1-2H3,(H,17,21). The number of hydrogen-bond donors (Lipinski definition) is 2. The summed E-state index contributed by atoms with van der Waals surface area (Å²) in [6.07, 6.45) is 2.29. The molecule has 1 aromatic carbocycles. The van der Waals surface area contributed by atoms with Crippen LogP contribution in [0.3, 0.4) is 0 Å². The first-order valence-corrected chi connectivity index (χ1v) is 6.72. The predicted molar refractivity (Wildman–Crippen MR) is 80.9 cm³/mol. The zero-order chi connectivity index (χ0) is 15.8. The lowest BCUT2D eigenvalue weighted by Crippen LogP contribution is -2.43. The Morgan fingerprint density at radius 3 is 2.71 bits per heavy atom. The van der Waals surface area contributed by atoms with Crippen LogP contribution in [0.25, 0.3) is 0 Å². The van der Waals surface area contributed by atoms with E-state index in [4.69, 9.17) is 5.73 Å². The number of nitrogen functional groups attached to an aromatic ring is 1. The van der Waals surface area contributed by atoms with E-state index in [0.717, 1.165) is 18.1 Å². The number of benzene rings is 1. The Kier molecular flexibility index (Phi) is 6.55. The Bertz CT molecular complexity index is 517. The van der Waals surface area contributed by atoms with Gasteiger partial charge in [0, 0.05) is 31.3 Å². The molecule has 0 spiro atoms. The highest BCUT2D eigenvalue weighted by Gasteiger charge is 2.22. The van der Waals surface area contributed by atoms with Crippen molar-refractivity contribution in [1.82, 2.24) is 10.2 Å². The Labute approximate surface area is 124 Å². The largest absolute Gasteiger partial charge is 0.399 e. The maximum atomic E-state index is 11.9. The van der Waals surface area contributed by atoms with E-state index in [9.17, 15) is 14.4 Å². The van der Waals surface area contributed by atoms with Crippen LogP contribution in [0.4, 0.5) is 5.69 Å². The summed E-state index contributed by atoms with van der Waals surface area (Å²) in [5.74, 6) is -0.151. The number of rotatable bonds is 8. The van der Waals surface area contributed by atoms with Gasteiger partial charge in [0.2, 0.25) is 5.91 Å². The summed E-state index contributed by atoms with van der Waals surface area (Å²) >= 11 is 0. The molecule has 0 saturated heterocycles. The topological polar surface area (TPSA) is 92.5 Å². The molecule has 1 atom stereocenters. The quantitative estimate of drug-likeness (QED) is 0.540. The number of carbonyl (C=O) groups excluding carboxylic acids is 3. The molecule has 0 saturated carbocycles. The summed E-state index contributed by atoms with van der Waals surface area (Å²) in [7, 11) is 3.35. The SMILES string of the molecule is CNC(=O)C(CCC=O)N(C)Cc1ccc(N)cc1C=O. The van der Waals surface area contributed by atoms with Gasteiger partial charge in [0.1, 0.15) is 12.6 Å². The van der Waals surface area contributed by atoms with Crippen LogP contribution in [-0.4, -0.2) is 43.5 Å². The van der Waals surface area contributed by atoms with E-state index in [1.807, 2.05) is 4.90 Å². The molecule has 1 unspecified atom stereocenters. The van der Waals surface area contributed by atoms with Crippen molar-refractivity contribution in [2.75, 3.05) is 19.8 Å². The fourth-order valence-electron chi connectivity index (χ4n) is 2.19. The summed E-state index contributed by atoms with van der Waals surface area (Å²) < 4.78 is 0. The number of hydrogen-bond acceptors (Lipinski definition) is 5. The highest BCUT2D eigenvalue weighted by Crippen LogP contribution is 2.16. The van der Waals surface area contributed by atoms with Crippen molar-refractivity contribution in [3.05, 3.63) is 29.3 Å². The second-order valence-electron chi connectivity index (χ2n) is 4.87. The minimum Gasteiger partial charge on any atom is -0.399 e. The van der Waals surface area contributed by atoms with Gasteiger partial charge in [0.15, 0.2) is 0 Å². The number of aldehydes is 2. The molecule has 0 radical (unpaired) electrons. The molecular weight excluding hydrogens is 270 g/mol. The first kappa shape index (κ1) is 16.8. The summed E-state index contributed by atoms with van der Waals surface area (Å²) in [6.45, 7) is 0.422. The van der Waals surface area contributed by atoms with Crippen molar-refractivity contribution in [1.29, 1.82) is 0 Å². The molecule has 0 aliphatic heterocycles. The lowest BCUT2D eigenvalue weighted by molar-refractivity contribution is -0.126. The van der Waals surface area contributed by atoms with Crippen LogP contribution < -0.4 is 11.1 Å². The van der Waals surface area contributed by atoms with E-state index in [1.54, 1.807) is 32.3 Å². The number of carbonyl (C=O) groups is 3. The average molecular weight is 291 g/mol. The molecule has 3 N–H and O–H groups in total. The summed E-state index contributed by atoms with van der Waals surface area (Å²) in [6, 6.07) is 4.68. The molecule has 1 rings (SSSR count). The van der Waals surface area contributed by atoms with Gasteiger partial charge in [-0.2, -0.15) is 0 Å². The van der Waals surface area contributed by atoms with Gasteiger partial charge in [-0.3, -0.25) is 14.5 Å². The first-order valence-electron chi connectivity index (χ1n) is 6.72. The van der Waals surface area contributed by atoms with Crippen LogP contribution >= 0.6 is 0 Å². The van der Waals surface area contributed by atoms with Gasteiger partial charge in [-0.05, 0) is 31.2 Å². The number of amides is 1. The van der Waals surface area contributed by atoms with Crippen LogP contribution in [0.5, 0.6) is 0 Å². The molecule has 0 aliphatic rings. The first-order chi connectivity index (χ1) is 10.0. The molecule has 0 fully saturated rings. The molecule has 0 aromatic heterocycles. The number of nitrogens with one attached hydrogen (secondary N) is 1. The Morgan fingerprint density at radius 1 is 1.43 bits per heavy atom. The molecule has 0 bridgehead atoms. The second-order valence-corrected chi connectivity index (χ2v) is 4.87. The molecule has 1 amide bonds. The van der Waals surface area contributed by atoms with Gasteiger partial charge in [-0.15, -0.1) is 0 Å². The predicted octanol–water partition coefficient (Wildman–Crippen LogP) is 0.607. The second kappa shape index (κ2) is 8.16. The fourth-order valence-corrected chi connectivity index (χ4v) is 2.19. The highest BCUT2D eigenvalue weighted by molar-refractivity contribution is 5.82. The minimum absolute atomic E-state index is 0.151. The number of nitrogens with two attached hydrogens (primary N) is 1. The monoisotopic (exact) mass is 291 g/mol. The maximum absolute atomic E-state index is 11.9. The smallest absolute Gasteiger partial charge is 0.237 e. The molecule has 21 heavy (non-hydrogen) atoms. The average Bonchev–Trinajstić information content (AvgIpc) is 2.48. The normalized spacial score (nSPS) is 12.0. The van der Waals surface area contributed by atoms with Gasteiger partial charge in [0.25, 0.3) is 0 Å². The third kappa shape index (κ3) is 4.68. The van der Waals surface area contributed by atoms with Crippen LogP contribution in [0.2, 0.25) is 0 Å². The maximum Gasteiger partial charge on any atom is 0.237 e. The third-order valence-electron chi connectivity index (χ3n) is 3.36. The molecule has 114 valence electrons. The van der Waals surface area contributed by atoms with Gasteiger partial charge >= 0.3 is 0 Å². The van der Waals surface area contributed by atoms with Crippen molar-refractivity contribution in [3.8, 4) is 0 Å². The number of anilines is 1. The summed E-state index contributed by atoms with van der Waals surface area (Å²) in [5, 5.41) is 2.59. The van der Waals surface area contributed by atoms with Crippen molar-refractivity contribution in [2.24, 2.45) is 0 Å². The van der Waals surface area contributed by atoms with E-state index in [1.165, 1.54) is 0 Å². The van der Waals surface area contributed by atoms with Crippen LogP contribution in [-0.2, 0) is 16.1 Å². The molecule has 6 heteroatoms. The molecular formula is C15H21N3O3. The Balaban J connectivity index is 2.90. The molecule has 0 heterocycles. The van der Waals surface area contributed by atoms with Gasteiger partial charge in [0.05, 0.1) is 6.04 Å². The minimum atomic E-state index is -0.419. The Hall–Kier alpha value is -2.21. The zero-order valence-corrected chi connectivity index (χ0v) is 12.3. The van der Waals surface area contributed by atoms with E-state index < -0.39 is 6.04 Å². The lowest BCUT2D eigenvalue weighted by Gasteiger charge is -2.26.